The van der Waals surface area contributed by atoms with Crippen molar-refractivity contribution in [1.82, 2.24) is 15.0 Å². The van der Waals surface area contributed by atoms with Gasteiger partial charge in [-0.1, -0.05) is 36.4 Å². The van der Waals surface area contributed by atoms with Crippen LogP contribution >= 0.6 is 0 Å². The van der Waals surface area contributed by atoms with Crippen LogP contribution in [0.25, 0.3) is 0 Å². The number of nitrogens with one attached hydrogen (secondary N) is 1. The van der Waals surface area contributed by atoms with Crippen molar-refractivity contribution < 1.29 is 4.74 Å². The predicted octanol–water partition coefficient (Wildman–Crippen LogP) is 3.54. The van der Waals surface area contributed by atoms with Gasteiger partial charge in [0.05, 0.1) is 13.2 Å². The predicted molar refractivity (Wildman–Crippen MR) is 114 cm³/mol. The fourth-order valence-electron chi connectivity index (χ4n) is 3.83. The van der Waals surface area contributed by atoms with Gasteiger partial charge >= 0.3 is 0 Å². The molecule has 0 aliphatic carbocycles. The Morgan fingerprint density at radius 3 is 2.41 bits per heavy atom. The first-order valence-corrected chi connectivity index (χ1v) is 10.1. The molecule has 2 aliphatic rings. The van der Waals surface area contributed by atoms with E-state index < -0.39 is 0 Å². The van der Waals surface area contributed by atoms with Crippen molar-refractivity contribution in [2.45, 2.75) is 12.8 Å². The minimum atomic E-state index is 0.561. The van der Waals surface area contributed by atoms with Crippen LogP contribution in [0.3, 0.4) is 0 Å². The van der Waals surface area contributed by atoms with Crippen LogP contribution in [0.5, 0.6) is 0 Å². The largest absolute Gasteiger partial charge is 0.378 e. The van der Waals surface area contributed by atoms with E-state index in [4.69, 9.17) is 19.7 Å². The summed E-state index contributed by atoms with van der Waals surface area (Å²) in [6, 6.07) is 18.5. The van der Waals surface area contributed by atoms with Crippen molar-refractivity contribution in [2.75, 3.05) is 48.0 Å². The van der Waals surface area contributed by atoms with Crippen molar-refractivity contribution in [3.05, 3.63) is 60.2 Å². The summed E-state index contributed by atoms with van der Waals surface area (Å²) >= 11 is 0. The number of aryl methyl sites for hydroxylation is 1. The quantitative estimate of drug-likeness (QED) is 0.733. The van der Waals surface area contributed by atoms with Crippen molar-refractivity contribution in [3.63, 3.8) is 0 Å². The number of rotatable bonds is 4. The molecule has 0 radical (unpaired) electrons. The van der Waals surface area contributed by atoms with E-state index in [9.17, 15) is 0 Å². The number of ether oxygens (including phenoxy) is 1. The summed E-state index contributed by atoms with van der Waals surface area (Å²) in [6.07, 6.45) is 2.17. The number of hydrogen-bond donors (Lipinski definition) is 1. The molecule has 1 aromatic heterocycles. The zero-order valence-electron chi connectivity index (χ0n) is 16.3. The molecule has 0 atom stereocenters. The monoisotopic (exact) mass is 388 g/mol. The van der Waals surface area contributed by atoms with Gasteiger partial charge in [-0.3, -0.25) is 0 Å². The summed E-state index contributed by atoms with van der Waals surface area (Å²) in [7, 11) is 0. The topological polar surface area (TPSA) is 66.4 Å². The highest BCUT2D eigenvalue weighted by molar-refractivity contribution is 5.65. The lowest BCUT2D eigenvalue weighted by atomic mass is 10.0. The Morgan fingerprint density at radius 1 is 0.793 bits per heavy atom. The standard InChI is InChI=1S/C22H24N6O/c1-2-9-18(10-3-1)23-20-24-21(27-13-15-29-16-14-27)26-22(25-20)28-12-6-8-17-7-4-5-11-19(17)28/h1-5,7,9-11H,6,8,12-16H2,(H,23,24,25,26). The summed E-state index contributed by atoms with van der Waals surface area (Å²) < 4.78 is 5.50. The number of aromatic nitrogens is 3. The highest BCUT2D eigenvalue weighted by Gasteiger charge is 2.23. The number of fused-ring (bicyclic) bond motifs is 1. The van der Waals surface area contributed by atoms with Gasteiger partial charge in [0.1, 0.15) is 0 Å². The zero-order valence-corrected chi connectivity index (χ0v) is 16.3. The van der Waals surface area contributed by atoms with Crippen LogP contribution < -0.4 is 15.1 Å². The van der Waals surface area contributed by atoms with E-state index in [0.29, 0.717) is 31.1 Å². The fourth-order valence-corrected chi connectivity index (χ4v) is 3.83. The fraction of sp³-hybridized carbons (Fsp3) is 0.318. The van der Waals surface area contributed by atoms with E-state index in [-0.39, 0.29) is 0 Å². The number of para-hydroxylation sites is 2. The Bertz CT molecular complexity index is 974. The van der Waals surface area contributed by atoms with E-state index >= 15 is 0 Å². The van der Waals surface area contributed by atoms with Gasteiger partial charge in [-0.05, 0) is 36.6 Å². The first kappa shape index (κ1) is 17.9. The van der Waals surface area contributed by atoms with E-state index in [0.717, 1.165) is 38.2 Å². The molecule has 148 valence electrons. The Kier molecular flexibility index (Phi) is 4.96. The molecule has 7 nitrogen and oxygen atoms in total. The maximum absolute atomic E-state index is 5.50. The van der Waals surface area contributed by atoms with Gasteiger partial charge < -0.3 is 19.9 Å². The van der Waals surface area contributed by atoms with Gasteiger partial charge in [0.2, 0.25) is 17.8 Å². The van der Waals surface area contributed by atoms with E-state index in [1.165, 1.54) is 11.3 Å². The van der Waals surface area contributed by atoms with Gasteiger partial charge in [-0.15, -0.1) is 0 Å². The third kappa shape index (κ3) is 3.86. The normalized spacial score (nSPS) is 16.4. The maximum atomic E-state index is 5.50. The van der Waals surface area contributed by atoms with Crippen LogP contribution in [0.15, 0.2) is 54.6 Å². The van der Waals surface area contributed by atoms with Crippen LogP contribution in [0.1, 0.15) is 12.0 Å². The lowest BCUT2D eigenvalue weighted by Crippen LogP contribution is -2.38. The van der Waals surface area contributed by atoms with E-state index in [2.05, 4.69) is 39.4 Å². The molecule has 7 heteroatoms. The van der Waals surface area contributed by atoms with Crippen LogP contribution in [0.4, 0.5) is 29.2 Å². The van der Waals surface area contributed by atoms with Crippen LogP contribution in [-0.2, 0) is 11.2 Å². The molecule has 0 spiro atoms. The molecule has 5 rings (SSSR count). The zero-order chi connectivity index (χ0) is 19.5. The number of anilines is 5. The first-order chi connectivity index (χ1) is 14.4. The number of benzene rings is 2. The van der Waals surface area contributed by atoms with Crippen LogP contribution in [0.2, 0.25) is 0 Å². The van der Waals surface area contributed by atoms with E-state index in [1.54, 1.807) is 0 Å². The molecule has 2 aromatic carbocycles. The average Bonchev–Trinajstić information content (AvgIpc) is 2.80. The second kappa shape index (κ2) is 8.05. The summed E-state index contributed by atoms with van der Waals surface area (Å²) in [6.45, 7) is 3.84. The molecule has 2 aliphatic heterocycles. The Morgan fingerprint density at radius 2 is 1.55 bits per heavy atom. The highest BCUT2D eigenvalue weighted by Crippen LogP contribution is 2.32. The molecule has 0 bridgehead atoms. The lowest BCUT2D eigenvalue weighted by Gasteiger charge is -2.31. The molecule has 1 fully saturated rings. The molecule has 0 saturated carbocycles. The smallest absolute Gasteiger partial charge is 0.236 e. The molecule has 0 unspecified atom stereocenters. The summed E-state index contributed by atoms with van der Waals surface area (Å²) in [5.41, 5.74) is 3.48. The minimum Gasteiger partial charge on any atom is -0.378 e. The van der Waals surface area contributed by atoms with Crippen molar-refractivity contribution in [2.24, 2.45) is 0 Å². The second-order valence-electron chi connectivity index (χ2n) is 7.23. The SMILES string of the molecule is c1ccc(Nc2nc(N3CCOCC3)nc(N3CCCc4ccccc43)n2)cc1. The van der Waals surface area contributed by atoms with Crippen LogP contribution in [-0.4, -0.2) is 47.8 Å². The molecule has 3 heterocycles. The molecular weight excluding hydrogens is 364 g/mol. The van der Waals surface area contributed by atoms with Crippen molar-refractivity contribution >= 4 is 29.2 Å². The molecule has 1 N–H and O–H groups in total. The Hall–Kier alpha value is -3.19. The third-order valence-electron chi connectivity index (χ3n) is 5.29. The molecule has 3 aromatic rings. The van der Waals surface area contributed by atoms with Gasteiger partial charge in [0, 0.05) is 31.0 Å². The maximum Gasteiger partial charge on any atom is 0.236 e. The number of morpholine rings is 1. The van der Waals surface area contributed by atoms with Gasteiger partial charge in [-0.25, -0.2) is 0 Å². The third-order valence-corrected chi connectivity index (χ3v) is 5.29. The van der Waals surface area contributed by atoms with Crippen LogP contribution in [0, 0.1) is 0 Å². The second-order valence-corrected chi connectivity index (χ2v) is 7.23. The van der Waals surface area contributed by atoms with Gasteiger partial charge in [-0.2, -0.15) is 15.0 Å². The van der Waals surface area contributed by atoms with Gasteiger partial charge in [0.15, 0.2) is 0 Å². The number of nitrogens with zero attached hydrogens (tertiary/aromatic N) is 5. The number of hydrogen-bond acceptors (Lipinski definition) is 7. The lowest BCUT2D eigenvalue weighted by molar-refractivity contribution is 0.122. The minimum absolute atomic E-state index is 0.561. The molecule has 29 heavy (non-hydrogen) atoms. The average molecular weight is 388 g/mol. The molecular formula is C22H24N6O. The summed E-state index contributed by atoms with van der Waals surface area (Å²) in [5, 5.41) is 3.34. The van der Waals surface area contributed by atoms with Crippen molar-refractivity contribution in [1.29, 1.82) is 0 Å². The Balaban J connectivity index is 1.54. The summed E-state index contributed by atoms with van der Waals surface area (Å²) in [4.78, 5) is 18.7. The molecule has 0 amide bonds. The summed E-state index contributed by atoms with van der Waals surface area (Å²) in [5.74, 6) is 1.94. The van der Waals surface area contributed by atoms with Crippen molar-refractivity contribution in [3.8, 4) is 0 Å². The molecule has 1 saturated heterocycles. The first-order valence-electron chi connectivity index (χ1n) is 10.1. The van der Waals surface area contributed by atoms with E-state index in [1.807, 2.05) is 30.3 Å². The highest BCUT2D eigenvalue weighted by atomic mass is 16.5. The Labute approximate surface area is 170 Å². The van der Waals surface area contributed by atoms with Gasteiger partial charge in [0.25, 0.3) is 0 Å².